The van der Waals surface area contributed by atoms with E-state index in [4.69, 9.17) is 4.74 Å². The number of hydrogen-bond acceptors (Lipinski definition) is 6. The van der Waals surface area contributed by atoms with Crippen molar-refractivity contribution in [3.05, 3.63) is 58.5 Å². The van der Waals surface area contributed by atoms with Gasteiger partial charge in [-0.3, -0.25) is 19.3 Å². The highest BCUT2D eigenvalue weighted by Gasteiger charge is 2.36. The van der Waals surface area contributed by atoms with Crippen molar-refractivity contribution in [2.24, 2.45) is 0 Å². The molecule has 1 heterocycles. The normalized spacial score (nSPS) is 15.4. The third-order valence-electron chi connectivity index (χ3n) is 4.23. The number of halogens is 3. The van der Waals surface area contributed by atoms with Gasteiger partial charge in [-0.1, -0.05) is 12.1 Å². The molecular weight excluding hydrogens is 449 g/mol. The van der Waals surface area contributed by atoms with Crippen molar-refractivity contribution in [3.63, 3.8) is 0 Å². The highest BCUT2D eigenvalue weighted by molar-refractivity contribution is 8.18. The van der Waals surface area contributed by atoms with Crippen LogP contribution in [0, 0.1) is 0 Å². The Morgan fingerprint density at radius 1 is 1.22 bits per heavy atom. The number of imide groups is 1. The Kier molecular flexibility index (Phi) is 6.78. The number of anilines is 1. The SMILES string of the molecule is CCOc1cc(/C=C2\SC(=O)N(CC(=O)Nc3cccc(C(F)(F)F)c3)C2=O)ccc1O. The molecule has 2 aromatic carbocycles. The van der Waals surface area contributed by atoms with Gasteiger partial charge < -0.3 is 15.2 Å². The third kappa shape index (κ3) is 5.41. The lowest BCUT2D eigenvalue weighted by Crippen LogP contribution is -2.36. The average molecular weight is 466 g/mol. The maximum Gasteiger partial charge on any atom is 0.416 e. The molecule has 0 unspecified atom stereocenters. The second-order valence-corrected chi connectivity index (χ2v) is 7.55. The van der Waals surface area contributed by atoms with Crippen LogP contribution in [0.25, 0.3) is 6.08 Å². The van der Waals surface area contributed by atoms with Gasteiger partial charge in [-0.2, -0.15) is 13.2 Å². The molecule has 1 saturated heterocycles. The number of rotatable bonds is 6. The minimum Gasteiger partial charge on any atom is -0.504 e. The number of alkyl halides is 3. The summed E-state index contributed by atoms with van der Waals surface area (Å²) >= 11 is 0.621. The van der Waals surface area contributed by atoms with Gasteiger partial charge in [0.1, 0.15) is 6.54 Å². The maximum absolute atomic E-state index is 12.8. The number of phenolic OH excluding ortho intramolecular Hbond substituents is 1. The van der Waals surface area contributed by atoms with Crippen molar-refractivity contribution in [3.8, 4) is 11.5 Å². The second kappa shape index (κ2) is 9.35. The average Bonchev–Trinajstić information content (AvgIpc) is 2.97. The molecule has 0 bridgehead atoms. The van der Waals surface area contributed by atoms with Crippen LogP contribution in [0.15, 0.2) is 47.4 Å². The molecule has 0 aromatic heterocycles. The maximum atomic E-state index is 12.8. The molecule has 0 saturated carbocycles. The van der Waals surface area contributed by atoms with E-state index in [-0.39, 0.29) is 22.1 Å². The van der Waals surface area contributed by atoms with Gasteiger partial charge in [0.15, 0.2) is 11.5 Å². The van der Waals surface area contributed by atoms with Gasteiger partial charge >= 0.3 is 6.18 Å². The van der Waals surface area contributed by atoms with Crippen LogP contribution >= 0.6 is 11.8 Å². The number of hydrogen-bond donors (Lipinski definition) is 2. The van der Waals surface area contributed by atoms with Gasteiger partial charge in [0.2, 0.25) is 5.91 Å². The molecule has 0 spiro atoms. The Bertz CT molecular complexity index is 1100. The molecule has 7 nitrogen and oxygen atoms in total. The summed E-state index contributed by atoms with van der Waals surface area (Å²) in [6.07, 6.45) is -3.16. The number of carbonyl (C=O) groups is 3. The summed E-state index contributed by atoms with van der Waals surface area (Å²) in [5.74, 6) is -1.41. The van der Waals surface area contributed by atoms with Crippen LogP contribution in [0.5, 0.6) is 11.5 Å². The first-order chi connectivity index (χ1) is 15.1. The molecule has 11 heteroatoms. The van der Waals surface area contributed by atoms with Gasteiger partial charge in [-0.25, -0.2) is 0 Å². The number of carbonyl (C=O) groups excluding carboxylic acids is 3. The van der Waals surface area contributed by atoms with E-state index in [1.54, 1.807) is 6.92 Å². The van der Waals surface area contributed by atoms with E-state index in [9.17, 15) is 32.7 Å². The summed E-state index contributed by atoms with van der Waals surface area (Å²) < 4.78 is 43.7. The first-order valence-electron chi connectivity index (χ1n) is 9.26. The van der Waals surface area contributed by atoms with Crippen molar-refractivity contribution in [2.45, 2.75) is 13.1 Å². The highest BCUT2D eigenvalue weighted by atomic mass is 32.2. The van der Waals surface area contributed by atoms with E-state index in [1.165, 1.54) is 30.3 Å². The topological polar surface area (TPSA) is 95.9 Å². The lowest BCUT2D eigenvalue weighted by Gasteiger charge is -2.13. The zero-order valence-corrected chi connectivity index (χ0v) is 17.4. The van der Waals surface area contributed by atoms with E-state index >= 15 is 0 Å². The number of ether oxygens (including phenoxy) is 1. The first-order valence-corrected chi connectivity index (χ1v) is 10.1. The fourth-order valence-electron chi connectivity index (χ4n) is 2.80. The van der Waals surface area contributed by atoms with Gasteiger partial charge in [0, 0.05) is 5.69 Å². The van der Waals surface area contributed by atoms with Crippen molar-refractivity contribution in [1.29, 1.82) is 0 Å². The predicted molar refractivity (Wildman–Crippen MR) is 112 cm³/mol. The summed E-state index contributed by atoms with van der Waals surface area (Å²) in [4.78, 5) is 37.8. The smallest absolute Gasteiger partial charge is 0.416 e. The van der Waals surface area contributed by atoms with Crippen LogP contribution in [0.3, 0.4) is 0 Å². The zero-order valence-electron chi connectivity index (χ0n) is 16.6. The van der Waals surface area contributed by atoms with Crippen LogP contribution < -0.4 is 10.1 Å². The minimum atomic E-state index is -4.58. The molecule has 0 aliphatic carbocycles. The Balaban J connectivity index is 1.71. The van der Waals surface area contributed by atoms with Crippen LogP contribution in [0.1, 0.15) is 18.1 Å². The summed E-state index contributed by atoms with van der Waals surface area (Å²) in [5.41, 5.74) is -0.560. The van der Waals surface area contributed by atoms with Crippen molar-refractivity contribution in [2.75, 3.05) is 18.5 Å². The summed E-state index contributed by atoms with van der Waals surface area (Å²) in [6, 6.07) is 8.41. The Morgan fingerprint density at radius 2 is 1.97 bits per heavy atom. The molecule has 0 radical (unpaired) electrons. The van der Waals surface area contributed by atoms with Crippen LogP contribution in [0.2, 0.25) is 0 Å². The Morgan fingerprint density at radius 3 is 2.66 bits per heavy atom. The van der Waals surface area contributed by atoms with Crippen molar-refractivity contribution >= 4 is 40.6 Å². The lowest BCUT2D eigenvalue weighted by atomic mass is 10.2. The molecule has 168 valence electrons. The van der Waals surface area contributed by atoms with Crippen LogP contribution in [-0.2, 0) is 15.8 Å². The fourth-order valence-corrected chi connectivity index (χ4v) is 3.63. The van der Waals surface area contributed by atoms with E-state index in [1.807, 2.05) is 0 Å². The van der Waals surface area contributed by atoms with Crippen LogP contribution in [-0.4, -0.2) is 40.2 Å². The highest BCUT2D eigenvalue weighted by Crippen LogP contribution is 2.34. The number of thioether (sulfide) groups is 1. The molecule has 32 heavy (non-hydrogen) atoms. The number of nitrogens with one attached hydrogen (secondary N) is 1. The molecule has 1 aliphatic rings. The standard InChI is InChI=1S/C21H17F3N2O5S/c1-2-31-16-8-12(6-7-15(16)27)9-17-19(29)26(20(30)32-17)11-18(28)25-14-5-3-4-13(10-14)21(22,23)24/h3-10,27H,2,11H2,1H3,(H,25,28)/b17-9-. The van der Waals surface area contributed by atoms with Gasteiger partial charge in [-0.15, -0.1) is 0 Å². The number of nitrogens with zero attached hydrogens (tertiary/aromatic N) is 1. The fraction of sp³-hybridized carbons (Fsp3) is 0.190. The Hall–Kier alpha value is -3.47. The number of aromatic hydroxyl groups is 1. The lowest BCUT2D eigenvalue weighted by molar-refractivity contribution is -0.137. The molecular formula is C21H17F3N2O5S. The largest absolute Gasteiger partial charge is 0.504 e. The molecule has 2 aromatic rings. The summed E-state index contributed by atoms with van der Waals surface area (Å²) in [6.45, 7) is 1.40. The Labute approximate surface area is 184 Å². The molecule has 3 amide bonds. The molecule has 0 atom stereocenters. The number of phenols is 1. The zero-order chi connectivity index (χ0) is 23.5. The number of amides is 3. The van der Waals surface area contributed by atoms with Crippen molar-refractivity contribution < 1.29 is 37.4 Å². The molecule has 3 rings (SSSR count). The molecule has 1 fully saturated rings. The predicted octanol–water partition coefficient (Wildman–Crippen LogP) is 4.48. The second-order valence-electron chi connectivity index (χ2n) is 6.55. The summed E-state index contributed by atoms with van der Waals surface area (Å²) in [5, 5.41) is 11.3. The van der Waals surface area contributed by atoms with E-state index in [2.05, 4.69) is 5.32 Å². The summed E-state index contributed by atoms with van der Waals surface area (Å²) in [7, 11) is 0. The van der Waals surface area contributed by atoms with Gasteiger partial charge in [0.05, 0.1) is 17.1 Å². The molecule has 2 N–H and O–H groups in total. The van der Waals surface area contributed by atoms with E-state index < -0.39 is 35.3 Å². The minimum absolute atomic E-state index is 0.0509. The van der Waals surface area contributed by atoms with Crippen LogP contribution in [0.4, 0.5) is 23.7 Å². The molecule has 1 aliphatic heterocycles. The number of benzene rings is 2. The quantitative estimate of drug-likeness (QED) is 0.610. The third-order valence-corrected chi connectivity index (χ3v) is 5.14. The van der Waals surface area contributed by atoms with Gasteiger partial charge in [-0.05, 0) is 60.7 Å². The van der Waals surface area contributed by atoms with E-state index in [0.717, 1.165) is 18.2 Å². The van der Waals surface area contributed by atoms with Crippen molar-refractivity contribution in [1.82, 2.24) is 4.90 Å². The van der Waals surface area contributed by atoms with E-state index in [0.29, 0.717) is 28.8 Å². The van der Waals surface area contributed by atoms with Gasteiger partial charge in [0.25, 0.3) is 11.1 Å². The monoisotopic (exact) mass is 466 g/mol. The first kappa shape index (κ1) is 23.2.